The summed E-state index contributed by atoms with van der Waals surface area (Å²) in [5, 5.41) is 4.09. The Bertz CT molecular complexity index is 487. The molecule has 16 heavy (non-hydrogen) atoms. The van der Waals surface area contributed by atoms with Crippen LogP contribution in [0.4, 0.5) is 5.88 Å². The van der Waals surface area contributed by atoms with Crippen molar-refractivity contribution in [1.82, 2.24) is 9.78 Å². The fraction of sp³-hybridized carbons (Fsp3) is 0.273. The molecule has 0 amide bonds. The van der Waals surface area contributed by atoms with Gasteiger partial charge in [-0.05, 0) is 6.07 Å². The molecular weight excluding hydrogens is 206 g/mol. The van der Waals surface area contributed by atoms with Crippen molar-refractivity contribution in [2.24, 2.45) is 7.05 Å². The zero-order valence-electron chi connectivity index (χ0n) is 9.25. The highest BCUT2D eigenvalue weighted by atomic mass is 16.4. The van der Waals surface area contributed by atoms with Crippen molar-refractivity contribution in [3.63, 3.8) is 0 Å². The number of nitrogens with zero attached hydrogens (tertiary/aromatic N) is 3. The lowest BCUT2D eigenvalue weighted by Gasteiger charge is -2.14. The number of carbonyl (C=O) groups is 1. The molecule has 0 aliphatic rings. The molecule has 0 aromatic carbocycles. The molecule has 2 rings (SSSR count). The quantitative estimate of drug-likeness (QED) is 0.730. The van der Waals surface area contributed by atoms with Gasteiger partial charge in [0.1, 0.15) is 0 Å². The van der Waals surface area contributed by atoms with E-state index in [0.29, 0.717) is 24.5 Å². The van der Waals surface area contributed by atoms with Gasteiger partial charge in [-0.25, -0.2) is 0 Å². The van der Waals surface area contributed by atoms with Crippen LogP contribution in [-0.4, -0.2) is 23.1 Å². The molecule has 0 aliphatic heterocycles. The predicted molar refractivity (Wildman–Crippen MR) is 59.4 cm³/mol. The van der Waals surface area contributed by atoms with Crippen LogP contribution in [0.2, 0.25) is 0 Å². The Labute approximate surface area is 93.3 Å². The lowest BCUT2D eigenvalue weighted by atomic mass is 10.3. The van der Waals surface area contributed by atoms with Crippen molar-refractivity contribution in [2.45, 2.75) is 6.54 Å². The van der Waals surface area contributed by atoms with Crippen molar-refractivity contribution < 1.29 is 9.21 Å². The van der Waals surface area contributed by atoms with Gasteiger partial charge in [0.2, 0.25) is 0 Å². The van der Waals surface area contributed by atoms with Crippen molar-refractivity contribution >= 4 is 12.2 Å². The third-order valence-electron chi connectivity index (χ3n) is 2.28. The first kappa shape index (κ1) is 10.5. The third kappa shape index (κ3) is 2.13. The standard InChI is InChI=1S/C11H13N3O2/c1-13(6-9-5-12-14(2)7-9)11-4-3-10(8-15)16-11/h3-5,7-8H,6H2,1-2H3. The summed E-state index contributed by atoms with van der Waals surface area (Å²) < 4.78 is 7.06. The van der Waals surface area contributed by atoms with Gasteiger partial charge in [0, 0.05) is 38.5 Å². The van der Waals surface area contributed by atoms with E-state index < -0.39 is 0 Å². The van der Waals surface area contributed by atoms with Gasteiger partial charge in [0.25, 0.3) is 0 Å². The normalized spacial score (nSPS) is 10.4. The smallest absolute Gasteiger partial charge is 0.196 e. The highest BCUT2D eigenvalue weighted by molar-refractivity contribution is 5.71. The summed E-state index contributed by atoms with van der Waals surface area (Å²) in [4.78, 5) is 12.4. The fourth-order valence-corrected chi connectivity index (χ4v) is 1.52. The van der Waals surface area contributed by atoms with Gasteiger partial charge in [0.15, 0.2) is 17.9 Å². The van der Waals surface area contributed by atoms with E-state index in [0.717, 1.165) is 5.56 Å². The number of rotatable bonds is 4. The highest BCUT2D eigenvalue weighted by Crippen LogP contribution is 2.17. The molecule has 84 valence electrons. The number of hydrogen-bond donors (Lipinski definition) is 0. The second-order valence-electron chi connectivity index (χ2n) is 3.67. The second-order valence-corrected chi connectivity index (χ2v) is 3.67. The van der Waals surface area contributed by atoms with Crippen LogP contribution in [-0.2, 0) is 13.6 Å². The minimum atomic E-state index is 0.341. The summed E-state index contributed by atoms with van der Waals surface area (Å²) in [5.74, 6) is 1.01. The summed E-state index contributed by atoms with van der Waals surface area (Å²) in [6.07, 6.45) is 4.45. The highest BCUT2D eigenvalue weighted by Gasteiger charge is 2.07. The largest absolute Gasteiger partial charge is 0.438 e. The van der Waals surface area contributed by atoms with E-state index in [1.807, 2.05) is 25.2 Å². The second kappa shape index (κ2) is 4.22. The first-order valence-electron chi connectivity index (χ1n) is 4.92. The number of carbonyl (C=O) groups excluding carboxylic acids is 1. The SMILES string of the molecule is CN(Cc1cnn(C)c1)c1ccc(C=O)o1. The topological polar surface area (TPSA) is 51.3 Å². The molecule has 2 aromatic heterocycles. The molecule has 0 radical (unpaired) electrons. The van der Waals surface area contributed by atoms with Crippen LogP contribution in [0.25, 0.3) is 0 Å². The molecule has 0 atom stereocenters. The van der Waals surface area contributed by atoms with Crippen LogP contribution in [0.1, 0.15) is 16.1 Å². The maximum absolute atomic E-state index is 10.5. The molecule has 0 bridgehead atoms. The van der Waals surface area contributed by atoms with Gasteiger partial charge in [-0.2, -0.15) is 5.10 Å². The molecule has 0 N–H and O–H groups in total. The van der Waals surface area contributed by atoms with Crippen molar-refractivity contribution in [2.75, 3.05) is 11.9 Å². The first-order chi connectivity index (χ1) is 7.69. The van der Waals surface area contributed by atoms with Crippen LogP contribution in [0, 0.1) is 0 Å². The summed E-state index contributed by atoms with van der Waals surface area (Å²) in [7, 11) is 3.78. The van der Waals surface area contributed by atoms with E-state index in [2.05, 4.69) is 5.10 Å². The Balaban J connectivity index is 2.07. The number of aldehydes is 1. The number of furan rings is 1. The van der Waals surface area contributed by atoms with Gasteiger partial charge in [-0.1, -0.05) is 0 Å². The van der Waals surface area contributed by atoms with E-state index in [-0.39, 0.29) is 0 Å². The molecule has 0 spiro atoms. The third-order valence-corrected chi connectivity index (χ3v) is 2.28. The van der Waals surface area contributed by atoms with E-state index >= 15 is 0 Å². The Morgan fingerprint density at radius 1 is 1.56 bits per heavy atom. The van der Waals surface area contributed by atoms with E-state index in [1.54, 1.807) is 23.0 Å². The van der Waals surface area contributed by atoms with Crippen LogP contribution in [0.3, 0.4) is 0 Å². The summed E-state index contributed by atoms with van der Waals surface area (Å²) in [6, 6.07) is 3.43. The molecule has 5 nitrogen and oxygen atoms in total. The van der Waals surface area contributed by atoms with Crippen molar-refractivity contribution in [3.05, 3.63) is 35.9 Å². The van der Waals surface area contributed by atoms with Crippen LogP contribution in [0.5, 0.6) is 0 Å². The molecule has 2 heterocycles. The maximum atomic E-state index is 10.5. The Morgan fingerprint density at radius 2 is 2.38 bits per heavy atom. The molecule has 2 aromatic rings. The fourth-order valence-electron chi connectivity index (χ4n) is 1.52. The lowest BCUT2D eigenvalue weighted by Crippen LogP contribution is -2.15. The zero-order valence-corrected chi connectivity index (χ0v) is 9.25. The monoisotopic (exact) mass is 219 g/mol. The first-order valence-corrected chi connectivity index (χ1v) is 4.92. The average Bonchev–Trinajstić information content (AvgIpc) is 2.87. The van der Waals surface area contributed by atoms with Gasteiger partial charge in [-0.3, -0.25) is 9.48 Å². The Kier molecular flexibility index (Phi) is 2.76. The Morgan fingerprint density at radius 3 is 2.94 bits per heavy atom. The number of aryl methyl sites for hydroxylation is 1. The molecule has 0 saturated heterocycles. The summed E-state index contributed by atoms with van der Waals surface area (Å²) in [6.45, 7) is 0.694. The molecule has 0 fully saturated rings. The average molecular weight is 219 g/mol. The molecular formula is C11H13N3O2. The van der Waals surface area contributed by atoms with Gasteiger partial charge in [-0.15, -0.1) is 0 Å². The minimum Gasteiger partial charge on any atom is -0.438 e. The van der Waals surface area contributed by atoms with Gasteiger partial charge in [0.05, 0.1) is 6.20 Å². The lowest BCUT2D eigenvalue weighted by molar-refractivity contribution is 0.110. The molecule has 5 heteroatoms. The molecule has 0 aliphatic carbocycles. The van der Waals surface area contributed by atoms with Crippen molar-refractivity contribution in [3.8, 4) is 0 Å². The summed E-state index contributed by atoms with van der Waals surface area (Å²) >= 11 is 0. The van der Waals surface area contributed by atoms with Crippen LogP contribution >= 0.6 is 0 Å². The zero-order chi connectivity index (χ0) is 11.5. The number of aromatic nitrogens is 2. The molecule has 0 unspecified atom stereocenters. The predicted octanol–water partition coefficient (Wildman–Crippen LogP) is 1.46. The number of hydrogen-bond acceptors (Lipinski definition) is 4. The molecule has 0 saturated carbocycles. The maximum Gasteiger partial charge on any atom is 0.196 e. The Hall–Kier alpha value is -2.04. The summed E-state index contributed by atoms with van der Waals surface area (Å²) in [5.41, 5.74) is 1.09. The minimum absolute atomic E-state index is 0.341. The van der Waals surface area contributed by atoms with E-state index in [4.69, 9.17) is 4.42 Å². The van der Waals surface area contributed by atoms with E-state index in [9.17, 15) is 4.79 Å². The van der Waals surface area contributed by atoms with Gasteiger partial charge < -0.3 is 9.32 Å². The van der Waals surface area contributed by atoms with Gasteiger partial charge >= 0.3 is 0 Å². The van der Waals surface area contributed by atoms with Crippen molar-refractivity contribution in [1.29, 1.82) is 0 Å². The van der Waals surface area contributed by atoms with Crippen LogP contribution in [0.15, 0.2) is 28.9 Å². The van der Waals surface area contributed by atoms with E-state index in [1.165, 1.54) is 0 Å². The van der Waals surface area contributed by atoms with Crippen LogP contribution < -0.4 is 4.90 Å². The number of anilines is 1.